The lowest BCUT2D eigenvalue weighted by molar-refractivity contribution is -0.130. The molecule has 16 heavy (non-hydrogen) atoms. The predicted octanol–water partition coefficient (Wildman–Crippen LogP) is -0.0363. The van der Waals surface area contributed by atoms with Crippen LogP contribution in [0.2, 0.25) is 0 Å². The van der Waals surface area contributed by atoms with Crippen molar-refractivity contribution >= 4 is 23.2 Å². The lowest BCUT2D eigenvalue weighted by atomic mass is 10.3. The fraction of sp³-hybridized carbons (Fsp3) is 0.800. The smallest absolute Gasteiger partial charge is 0.244 e. The molecule has 0 aromatic carbocycles. The van der Waals surface area contributed by atoms with Gasteiger partial charge in [-0.05, 0) is 25.6 Å². The summed E-state index contributed by atoms with van der Waals surface area (Å²) in [6.07, 6.45) is 0.883. The highest BCUT2D eigenvalue weighted by atomic mass is 32.1. The van der Waals surface area contributed by atoms with E-state index in [9.17, 15) is 4.79 Å². The van der Waals surface area contributed by atoms with E-state index < -0.39 is 0 Å². The van der Waals surface area contributed by atoms with Gasteiger partial charge in [0, 0.05) is 34.4 Å². The summed E-state index contributed by atoms with van der Waals surface area (Å²) in [5.74, 6) is 0.000964. The van der Waals surface area contributed by atoms with Gasteiger partial charge < -0.3 is 20.3 Å². The van der Waals surface area contributed by atoms with E-state index in [4.69, 9.17) is 17.0 Å². The fourth-order valence-corrected chi connectivity index (χ4v) is 1.39. The highest BCUT2D eigenvalue weighted by molar-refractivity contribution is 7.80. The number of nitrogens with one attached hydrogen (secondary N) is 2. The molecule has 94 valence electrons. The molecule has 0 fully saturated rings. The topological polar surface area (TPSA) is 53.6 Å². The molecule has 0 aliphatic carbocycles. The summed E-state index contributed by atoms with van der Waals surface area (Å²) in [6, 6.07) is -0.308. The van der Waals surface area contributed by atoms with Gasteiger partial charge in [-0.2, -0.15) is 0 Å². The van der Waals surface area contributed by atoms with Crippen LogP contribution in [0.4, 0.5) is 0 Å². The minimum absolute atomic E-state index is 0.000964. The van der Waals surface area contributed by atoms with Crippen molar-refractivity contribution in [2.24, 2.45) is 0 Å². The second-order valence-corrected chi connectivity index (χ2v) is 4.11. The molecule has 2 N–H and O–H groups in total. The molecule has 1 atom stereocenters. The van der Waals surface area contributed by atoms with Gasteiger partial charge in [0.2, 0.25) is 5.91 Å². The van der Waals surface area contributed by atoms with Crippen molar-refractivity contribution in [2.75, 3.05) is 34.4 Å². The van der Waals surface area contributed by atoms with Crippen LogP contribution in [0.1, 0.15) is 13.3 Å². The van der Waals surface area contributed by atoms with Gasteiger partial charge in [-0.3, -0.25) is 4.79 Å². The lowest BCUT2D eigenvalue weighted by Gasteiger charge is -2.19. The fourth-order valence-electron chi connectivity index (χ4n) is 1.12. The van der Waals surface area contributed by atoms with Crippen LogP contribution >= 0.6 is 12.2 Å². The van der Waals surface area contributed by atoms with Crippen molar-refractivity contribution in [3.05, 3.63) is 0 Å². The van der Waals surface area contributed by atoms with Crippen LogP contribution in [0, 0.1) is 0 Å². The molecule has 0 spiro atoms. The van der Waals surface area contributed by atoms with Crippen molar-refractivity contribution in [2.45, 2.75) is 19.4 Å². The molecule has 0 aromatic heterocycles. The lowest BCUT2D eigenvalue weighted by Crippen LogP contribution is -2.48. The van der Waals surface area contributed by atoms with Gasteiger partial charge in [0.1, 0.15) is 6.04 Å². The molecule has 0 saturated heterocycles. The summed E-state index contributed by atoms with van der Waals surface area (Å²) in [7, 11) is 5.10. The molecule has 0 aliphatic rings. The molecule has 0 radical (unpaired) electrons. The zero-order chi connectivity index (χ0) is 12.6. The Hall–Kier alpha value is -0.880. The Balaban J connectivity index is 3.74. The molecule has 0 saturated carbocycles. The highest BCUT2D eigenvalue weighted by Crippen LogP contribution is 1.88. The Kier molecular flexibility index (Phi) is 7.84. The monoisotopic (exact) mass is 247 g/mol. The molecule has 6 heteroatoms. The first-order valence-electron chi connectivity index (χ1n) is 5.23. The summed E-state index contributed by atoms with van der Waals surface area (Å²) in [4.78, 5) is 13.0. The van der Waals surface area contributed by atoms with E-state index >= 15 is 0 Å². The number of thiocarbonyl (C=S) groups is 1. The largest absolute Gasteiger partial charge is 0.385 e. The van der Waals surface area contributed by atoms with Crippen molar-refractivity contribution < 1.29 is 9.53 Å². The molecule has 0 rings (SSSR count). The number of hydrogen-bond acceptors (Lipinski definition) is 3. The van der Waals surface area contributed by atoms with Gasteiger partial charge in [-0.25, -0.2) is 0 Å². The first-order valence-corrected chi connectivity index (χ1v) is 5.64. The van der Waals surface area contributed by atoms with E-state index in [0.717, 1.165) is 13.0 Å². The third-order valence-corrected chi connectivity index (χ3v) is 2.23. The Morgan fingerprint density at radius 2 is 2.12 bits per heavy atom. The van der Waals surface area contributed by atoms with Gasteiger partial charge in [0.15, 0.2) is 5.11 Å². The Bertz CT molecular complexity index is 234. The Labute approximate surface area is 103 Å². The number of amides is 1. The molecule has 0 aromatic rings. The number of ether oxygens (including phenoxy) is 1. The number of carbonyl (C=O) groups excluding carboxylic acids is 1. The number of nitrogens with zero attached hydrogens (tertiary/aromatic N) is 1. The van der Waals surface area contributed by atoms with Crippen LogP contribution in [0.25, 0.3) is 0 Å². The van der Waals surface area contributed by atoms with Crippen molar-refractivity contribution in [1.82, 2.24) is 15.5 Å². The Morgan fingerprint density at radius 1 is 1.50 bits per heavy atom. The highest BCUT2D eigenvalue weighted by Gasteiger charge is 2.14. The minimum Gasteiger partial charge on any atom is -0.385 e. The molecule has 0 bridgehead atoms. The van der Waals surface area contributed by atoms with Crippen molar-refractivity contribution in [1.29, 1.82) is 0 Å². The number of likely N-dealkylation sites (N-methyl/N-ethyl adjacent to an activating group) is 1. The van der Waals surface area contributed by atoms with Crippen LogP contribution in [-0.4, -0.2) is 56.3 Å². The van der Waals surface area contributed by atoms with Gasteiger partial charge in [0.25, 0.3) is 0 Å². The maximum atomic E-state index is 11.5. The summed E-state index contributed by atoms with van der Waals surface area (Å²) < 4.78 is 4.91. The number of rotatable bonds is 6. The zero-order valence-electron chi connectivity index (χ0n) is 10.4. The maximum absolute atomic E-state index is 11.5. The predicted molar refractivity (Wildman–Crippen MR) is 68.4 cm³/mol. The molecule has 1 amide bonds. The third-order valence-electron chi connectivity index (χ3n) is 1.97. The van der Waals surface area contributed by atoms with Gasteiger partial charge >= 0.3 is 0 Å². The SMILES string of the molecule is COCCCNC(=S)NC(C)C(=O)N(C)C. The van der Waals surface area contributed by atoms with Crippen molar-refractivity contribution in [3.8, 4) is 0 Å². The first-order chi connectivity index (χ1) is 7.49. The number of methoxy groups -OCH3 is 1. The van der Waals surface area contributed by atoms with E-state index in [1.807, 2.05) is 0 Å². The van der Waals surface area contributed by atoms with Gasteiger partial charge in [-0.1, -0.05) is 0 Å². The minimum atomic E-state index is -0.308. The standard InChI is InChI=1S/C10H21N3O2S/c1-8(9(14)13(2)3)12-10(16)11-6-5-7-15-4/h8H,5-7H2,1-4H3,(H2,11,12,16). The maximum Gasteiger partial charge on any atom is 0.244 e. The molecule has 5 nitrogen and oxygen atoms in total. The van der Waals surface area contributed by atoms with E-state index in [1.54, 1.807) is 28.1 Å². The average molecular weight is 247 g/mol. The Morgan fingerprint density at radius 3 is 2.62 bits per heavy atom. The van der Waals surface area contributed by atoms with E-state index in [0.29, 0.717) is 11.7 Å². The van der Waals surface area contributed by atoms with Crippen LogP contribution in [0.3, 0.4) is 0 Å². The number of hydrogen-bond donors (Lipinski definition) is 2. The molecular formula is C10H21N3O2S. The molecule has 0 aliphatic heterocycles. The van der Waals surface area contributed by atoms with Crippen LogP contribution in [0.5, 0.6) is 0 Å². The van der Waals surface area contributed by atoms with E-state index in [1.165, 1.54) is 4.90 Å². The average Bonchev–Trinajstić information content (AvgIpc) is 2.23. The second kappa shape index (κ2) is 8.29. The summed E-state index contributed by atoms with van der Waals surface area (Å²) >= 11 is 5.05. The molecule has 0 heterocycles. The number of carbonyl (C=O) groups is 1. The summed E-state index contributed by atoms with van der Waals surface area (Å²) in [6.45, 7) is 3.22. The summed E-state index contributed by atoms with van der Waals surface area (Å²) in [5, 5.41) is 6.44. The van der Waals surface area contributed by atoms with Crippen molar-refractivity contribution in [3.63, 3.8) is 0 Å². The van der Waals surface area contributed by atoms with Crippen LogP contribution in [-0.2, 0) is 9.53 Å². The quantitative estimate of drug-likeness (QED) is 0.510. The van der Waals surface area contributed by atoms with Crippen LogP contribution in [0.15, 0.2) is 0 Å². The third kappa shape index (κ3) is 6.58. The van der Waals surface area contributed by atoms with Crippen LogP contribution < -0.4 is 10.6 Å². The first kappa shape index (κ1) is 15.1. The van der Waals surface area contributed by atoms with E-state index in [-0.39, 0.29) is 11.9 Å². The normalized spacial score (nSPS) is 11.8. The molecule has 1 unspecified atom stereocenters. The zero-order valence-corrected chi connectivity index (χ0v) is 11.2. The van der Waals surface area contributed by atoms with Gasteiger partial charge in [0.05, 0.1) is 0 Å². The molecular weight excluding hydrogens is 226 g/mol. The van der Waals surface area contributed by atoms with Gasteiger partial charge in [-0.15, -0.1) is 0 Å². The summed E-state index contributed by atoms with van der Waals surface area (Å²) in [5.41, 5.74) is 0. The second-order valence-electron chi connectivity index (χ2n) is 3.70. The van der Waals surface area contributed by atoms with E-state index in [2.05, 4.69) is 10.6 Å².